The molecule has 1 aromatic rings. The molecule has 1 aliphatic rings. The predicted molar refractivity (Wildman–Crippen MR) is 101 cm³/mol. The van der Waals surface area contributed by atoms with E-state index in [1.54, 1.807) is 0 Å². The second kappa shape index (κ2) is 9.17. The van der Waals surface area contributed by atoms with Crippen molar-refractivity contribution in [3.05, 3.63) is 29.3 Å². The number of aliphatic imine (C=N–C) groups is 1. The van der Waals surface area contributed by atoms with Crippen molar-refractivity contribution in [3.63, 3.8) is 0 Å². The molecule has 1 unspecified atom stereocenters. The van der Waals surface area contributed by atoms with Crippen LogP contribution in [0, 0.1) is 13.8 Å². The molecule has 1 heterocycles. The van der Waals surface area contributed by atoms with Gasteiger partial charge in [-0.05, 0) is 56.4 Å². The van der Waals surface area contributed by atoms with Crippen LogP contribution in [0.4, 0.5) is 5.69 Å². The fourth-order valence-electron chi connectivity index (χ4n) is 2.78. The van der Waals surface area contributed by atoms with E-state index in [1.165, 1.54) is 0 Å². The SMILES string of the molecule is Cc1cc(C)cc(NC(N)=NCCS(=O)(=O)NCC2CCCCO2)c1. The average molecular weight is 369 g/mol. The smallest absolute Gasteiger partial charge is 0.213 e. The third-order valence-electron chi connectivity index (χ3n) is 3.94. The molecule has 140 valence electrons. The van der Waals surface area contributed by atoms with Gasteiger partial charge in [-0.15, -0.1) is 0 Å². The maximum atomic E-state index is 12.0. The van der Waals surface area contributed by atoms with Crippen LogP contribution in [0.3, 0.4) is 0 Å². The number of anilines is 1. The lowest BCUT2D eigenvalue weighted by molar-refractivity contribution is 0.0200. The number of guanidine groups is 1. The molecule has 1 fully saturated rings. The lowest BCUT2D eigenvalue weighted by Crippen LogP contribution is -2.37. The van der Waals surface area contributed by atoms with Crippen LogP contribution >= 0.6 is 0 Å². The summed E-state index contributed by atoms with van der Waals surface area (Å²) in [5.41, 5.74) is 8.91. The first-order valence-electron chi connectivity index (χ1n) is 8.58. The summed E-state index contributed by atoms with van der Waals surface area (Å²) in [6.45, 7) is 5.13. The van der Waals surface area contributed by atoms with Gasteiger partial charge in [-0.3, -0.25) is 4.99 Å². The quantitative estimate of drug-likeness (QED) is 0.500. The van der Waals surface area contributed by atoms with E-state index in [9.17, 15) is 8.42 Å². The van der Waals surface area contributed by atoms with E-state index < -0.39 is 10.0 Å². The Labute approximate surface area is 150 Å². The molecule has 1 aromatic carbocycles. The van der Waals surface area contributed by atoms with Crippen molar-refractivity contribution in [3.8, 4) is 0 Å². The molecule has 0 aromatic heterocycles. The average Bonchev–Trinajstić information content (AvgIpc) is 2.53. The van der Waals surface area contributed by atoms with Gasteiger partial charge in [-0.1, -0.05) is 6.07 Å². The molecule has 25 heavy (non-hydrogen) atoms. The Balaban J connectivity index is 1.77. The fraction of sp³-hybridized carbons (Fsp3) is 0.588. The molecule has 2 rings (SSSR count). The summed E-state index contributed by atoms with van der Waals surface area (Å²) in [6.07, 6.45) is 3.00. The third-order valence-corrected chi connectivity index (χ3v) is 5.27. The van der Waals surface area contributed by atoms with Crippen LogP contribution in [0.1, 0.15) is 30.4 Å². The highest BCUT2D eigenvalue weighted by Crippen LogP contribution is 2.13. The molecule has 0 aliphatic carbocycles. The van der Waals surface area contributed by atoms with Crippen molar-refractivity contribution in [2.24, 2.45) is 10.7 Å². The van der Waals surface area contributed by atoms with Crippen LogP contribution < -0.4 is 15.8 Å². The van der Waals surface area contributed by atoms with Gasteiger partial charge >= 0.3 is 0 Å². The van der Waals surface area contributed by atoms with Gasteiger partial charge in [-0.2, -0.15) is 0 Å². The number of nitrogens with zero attached hydrogens (tertiary/aromatic N) is 1. The summed E-state index contributed by atoms with van der Waals surface area (Å²) in [6, 6.07) is 5.97. The number of aryl methyl sites for hydroxylation is 2. The van der Waals surface area contributed by atoms with Crippen LogP contribution in [0.25, 0.3) is 0 Å². The molecule has 1 atom stereocenters. The standard InChI is InChI=1S/C17H28N4O3S/c1-13-9-14(2)11-15(10-13)21-17(18)19-6-8-25(22,23)20-12-16-5-3-4-7-24-16/h9-11,16,20H,3-8,12H2,1-2H3,(H3,18,19,21). The Bertz CT molecular complexity index is 678. The van der Waals surface area contributed by atoms with Gasteiger partial charge in [0.1, 0.15) is 0 Å². The number of hydrogen-bond acceptors (Lipinski definition) is 4. The maximum absolute atomic E-state index is 12.0. The lowest BCUT2D eigenvalue weighted by atomic mass is 10.1. The first-order chi connectivity index (χ1) is 11.8. The van der Waals surface area contributed by atoms with E-state index >= 15 is 0 Å². The van der Waals surface area contributed by atoms with E-state index in [0.717, 1.165) is 36.1 Å². The molecule has 1 saturated heterocycles. The largest absolute Gasteiger partial charge is 0.377 e. The third kappa shape index (κ3) is 7.41. The Morgan fingerprint density at radius 2 is 2.00 bits per heavy atom. The van der Waals surface area contributed by atoms with Crippen LogP contribution in [-0.4, -0.2) is 45.9 Å². The summed E-state index contributed by atoms with van der Waals surface area (Å²) in [4.78, 5) is 4.09. The highest BCUT2D eigenvalue weighted by atomic mass is 32.2. The lowest BCUT2D eigenvalue weighted by Gasteiger charge is -2.22. The van der Waals surface area contributed by atoms with Crippen molar-refractivity contribution in [1.29, 1.82) is 0 Å². The van der Waals surface area contributed by atoms with Gasteiger partial charge < -0.3 is 15.8 Å². The van der Waals surface area contributed by atoms with E-state index in [1.807, 2.05) is 26.0 Å². The maximum Gasteiger partial charge on any atom is 0.213 e. The Hall–Kier alpha value is -1.64. The molecular formula is C17H28N4O3S. The van der Waals surface area contributed by atoms with Crippen molar-refractivity contribution >= 4 is 21.7 Å². The summed E-state index contributed by atoms with van der Waals surface area (Å²) in [5.74, 6) is 0.102. The fourth-order valence-corrected chi connectivity index (χ4v) is 3.70. The Morgan fingerprint density at radius 1 is 1.28 bits per heavy atom. The van der Waals surface area contributed by atoms with Crippen molar-refractivity contribution in [2.45, 2.75) is 39.2 Å². The summed E-state index contributed by atoms with van der Waals surface area (Å²) in [7, 11) is -3.38. The van der Waals surface area contributed by atoms with E-state index in [2.05, 4.69) is 21.1 Å². The molecule has 8 heteroatoms. The normalized spacial score (nSPS) is 19.0. The summed E-state index contributed by atoms with van der Waals surface area (Å²) >= 11 is 0. The summed E-state index contributed by atoms with van der Waals surface area (Å²) < 4.78 is 32.1. The van der Waals surface area contributed by atoms with Crippen LogP contribution in [0.5, 0.6) is 0 Å². The number of rotatable bonds is 7. The van der Waals surface area contributed by atoms with E-state index in [-0.39, 0.29) is 24.4 Å². The Morgan fingerprint density at radius 3 is 2.64 bits per heavy atom. The highest BCUT2D eigenvalue weighted by molar-refractivity contribution is 7.89. The molecule has 0 radical (unpaired) electrons. The predicted octanol–water partition coefficient (Wildman–Crippen LogP) is 1.52. The van der Waals surface area contributed by atoms with Gasteiger partial charge in [-0.25, -0.2) is 13.1 Å². The zero-order valence-electron chi connectivity index (χ0n) is 14.9. The van der Waals surface area contributed by atoms with Gasteiger partial charge in [0, 0.05) is 18.8 Å². The minimum atomic E-state index is -3.38. The number of benzene rings is 1. The molecule has 7 nitrogen and oxygen atoms in total. The molecule has 0 spiro atoms. The number of ether oxygens (including phenoxy) is 1. The minimum Gasteiger partial charge on any atom is -0.377 e. The van der Waals surface area contributed by atoms with Gasteiger partial charge in [0.15, 0.2) is 5.96 Å². The Kier molecular flexibility index (Phi) is 7.22. The first-order valence-corrected chi connectivity index (χ1v) is 10.2. The van der Waals surface area contributed by atoms with Gasteiger partial charge in [0.25, 0.3) is 0 Å². The zero-order valence-corrected chi connectivity index (χ0v) is 15.7. The molecule has 1 aliphatic heterocycles. The van der Waals surface area contributed by atoms with Gasteiger partial charge in [0.05, 0.1) is 18.4 Å². The number of hydrogen-bond donors (Lipinski definition) is 3. The second-order valence-electron chi connectivity index (χ2n) is 6.42. The molecule has 4 N–H and O–H groups in total. The molecule has 0 amide bonds. The topological polar surface area (TPSA) is 106 Å². The monoisotopic (exact) mass is 368 g/mol. The van der Waals surface area contributed by atoms with Crippen molar-refractivity contribution < 1.29 is 13.2 Å². The minimum absolute atomic E-state index is 0.0247. The second-order valence-corrected chi connectivity index (χ2v) is 8.35. The molecular weight excluding hydrogens is 340 g/mol. The first kappa shape index (κ1) is 19.7. The van der Waals surface area contributed by atoms with Crippen LogP contribution in [-0.2, 0) is 14.8 Å². The number of nitrogens with two attached hydrogens (primary N) is 1. The van der Waals surface area contributed by atoms with E-state index in [0.29, 0.717) is 13.2 Å². The van der Waals surface area contributed by atoms with Crippen LogP contribution in [0.15, 0.2) is 23.2 Å². The summed E-state index contributed by atoms with van der Waals surface area (Å²) in [5, 5.41) is 2.99. The molecule has 0 saturated carbocycles. The van der Waals surface area contributed by atoms with Crippen molar-refractivity contribution in [2.75, 3.05) is 30.8 Å². The highest BCUT2D eigenvalue weighted by Gasteiger charge is 2.17. The van der Waals surface area contributed by atoms with Crippen LogP contribution in [0.2, 0.25) is 0 Å². The van der Waals surface area contributed by atoms with E-state index in [4.69, 9.17) is 10.5 Å². The number of sulfonamides is 1. The number of nitrogens with one attached hydrogen (secondary N) is 2. The van der Waals surface area contributed by atoms with Gasteiger partial charge in [0.2, 0.25) is 10.0 Å². The van der Waals surface area contributed by atoms with Crippen molar-refractivity contribution in [1.82, 2.24) is 4.72 Å². The molecule has 0 bridgehead atoms. The zero-order chi connectivity index (χ0) is 18.3.